The number of nitrogens with one attached hydrogen (secondary N) is 2. The molecular formula is C18H17FN6O2S. The average molecular weight is 400 g/mol. The third-order valence-corrected chi connectivity index (χ3v) is 4.51. The van der Waals surface area contributed by atoms with Gasteiger partial charge in [-0.1, -0.05) is 23.9 Å². The van der Waals surface area contributed by atoms with E-state index in [0.29, 0.717) is 27.9 Å². The van der Waals surface area contributed by atoms with Crippen LogP contribution >= 0.6 is 11.8 Å². The monoisotopic (exact) mass is 400 g/mol. The molecule has 0 aliphatic rings. The highest BCUT2D eigenvalue weighted by molar-refractivity contribution is 7.99. The fourth-order valence-electron chi connectivity index (χ4n) is 2.37. The van der Waals surface area contributed by atoms with Crippen molar-refractivity contribution < 1.29 is 14.0 Å². The molecule has 0 bridgehead atoms. The molecule has 0 aliphatic heterocycles. The Morgan fingerprint density at radius 2 is 1.79 bits per heavy atom. The zero-order valence-electron chi connectivity index (χ0n) is 14.8. The van der Waals surface area contributed by atoms with E-state index in [-0.39, 0.29) is 17.6 Å². The van der Waals surface area contributed by atoms with Crippen molar-refractivity contribution in [3.05, 3.63) is 54.3 Å². The van der Waals surface area contributed by atoms with Crippen LogP contribution in [0.25, 0.3) is 11.4 Å². The number of nitrogens with two attached hydrogens (primary N) is 1. The van der Waals surface area contributed by atoms with Gasteiger partial charge >= 0.3 is 0 Å². The standard InChI is InChI=1S/C18H17FN6O2S/c1-11(26)21-14-5-7-15(8-6-14)22-16(27)10-28-18-24-23-17(25(18)20)12-3-2-4-13(19)9-12/h2-9H,10,20H2,1H3,(H,21,26)(H,22,27). The fraction of sp³-hybridized carbons (Fsp3) is 0.111. The van der Waals surface area contributed by atoms with E-state index in [1.165, 1.54) is 23.7 Å². The Kier molecular flexibility index (Phi) is 5.90. The average Bonchev–Trinajstić information content (AvgIpc) is 3.02. The van der Waals surface area contributed by atoms with Crippen LogP contribution < -0.4 is 16.5 Å². The molecule has 0 saturated carbocycles. The Balaban J connectivity index is 1.58. The molecule has 0 atom stereocenters. The van der Waals surface area contributed by atoms with Crippen LogP contribution in [0.3, 0.4) is 0 Å². The van der Waals surface area contributed by atoms with E-state index in [0.717, 1.165) is 11.8 Å². The molecule has 10 heteroatoms. The van der Waals surface area contributed by atoms with Crippen molar-refractivity contribution >= 4 is 35.0 Å². The number of rotatable bonds is 6. The van der Waals surface area contributed by atoms with E-state index in [2.05, 4.69) is 20.8 Å². The topological polar surface area (TPSA) is 115 Å². The molecule has 28 heavy (non-hydrogen) atoms. The van der Waals surface area contributed by atoms with Gasteiger partial charge < -0.3 is 16.5 Å². The lowest BCUT2D eigenvalue weighted by Gasteiger charge is -2.07. The first kappa shape index (κ1) is 19.4. The van der Waals surface area contributed by atoms with Gasteiger partial charge in [0, 0.05) is 23.9 Å². The molecular weight excluding hydrogens is 383 g/mol. The van der Waals surface area contributed by atoms with Gasteiger partial charge in [-0.2, -0.15) is 0 Å². The van der Waals surface area contributed by atoms with Crippen molar-refractivity contribution in [2.45, 2.75) is 12.1 Å². The summed E-state index contributed by atoms with van der Waals surface area (Å²) in [6.07, 6.45) is 0. The van der Waals surface area contributed by atoms with Crippen LogP contribution in [0.1, 0.15) is 6.92 Å². The fourth-order valence-corrected chi connectivity index (χ4v) is 3.02. The molecule has 0 saturated heterocycles. The summed E-state index contributed by atoms with van der Waals surface area (Å²) in [5.41, 5.74) is 1.72. The minimum atomic E-state index is -0.404. The normalized spacial score (nSPS) is 10.5. The predicted molar refractivity (Wildman–Crippen MR) is 106 cm³/mol. The highest BCUT2D eigenvalue weighted by Crippen LogP contribution is 2.22. The van der Waals surface area contributed by atoms with E-state index in [1.54, 1.807) is 36.4 Å². The van der Waals surface area contributed by atoms with E-state index < -0.39 is 5.82 Å². The van der Waals surface area contributed by atoms with Crippen LogP contribution in [0.4, 0.5) is 15.8 Å². The number of thioether (sulfide) groups is 1. The summed E-state index contributed by atoms with van der Waals surface area (Å²) in [6.45, 7) is 1.42. The van der Waals surface area contributed by atoms with Gasteiger partial charge in [-0.25, -0.2) is 9.07 Å². The SMILES string of the molecule is CC(=O)Nc1ccc(NC(=O)CSc2nnc(-c3cccc(F)c3)n2N)cc1. The van der Waals surface area contributed by atoms with E-state index in [1.807, 2.05) is 0 Å². The Hall–Kier alpha value is -3.40. The molecule has 1 aromatic heterocycles. The Bertz CT molecular complexity index is 1010. The van der Waals surface area contributed by atoms with Gasteiger partial charge in [0.15, 0.2) is 5.82 Å². The van der Waals surface area contributed by atoms with Crippen LogP contribution in [-0.4, -0.2) is 32.4 Å². The molecule has 3 aromatic rings. The molecule has 0 radical (unpaired) electrons. The Morgan fingerprint density at radius 3 is 2.43 bits per heavy atom. The third kappa shape index (κ3) is 4.86. The van der Waals surface area contributed by atoms with Crippen LogP contribution in [0, 0.1) is 5.82 Å². The van der Waals surface area contributed by atoms with Gasteiger partial charge in [-0.05, 0) is 36.4 Å². The molecule has 8 nitrogen and oxygen atoms in total. The largest absolute Gasteiger partial charge is 0.335 e. The van der Waals surface area contributed by atoms with Crippen LogP contribution in [0.2, 0.25) is 0 Å². The lowest BCUT2D eigenvalue weighted by Crippen LogP contribution is -2.16. The van der Waals surface area contributed by atoms with Crippen LogP contribution in [0.5, 0.6) is 0 Å². The molecule has 2 amide bonds. The maximum atomic E-state index is 13.4. The number of nitrogen functional groups attached to an aromatic ring is 1. The van der Waals surface area contributed by atoms with Gasteiger partial charge in [0.25, 0.3) is 0 Å². The van der Waals surface area contributed by atoms with Crippen molar-refractivity contribution in [1.82, 2.24) is 14.9 Å². The molecule has 3 rings (SSSR count). The zero-order valence-corrected chi connectivity index (χ0v) is 15.7. The van der Waals surface area contributed by atoms with E-state index in [4.69, 9.17) is 5.84 Å². The lowest BCUT2D eigenvalue weighted by atomic mass is 10.2. The summed E-state index contributed by atoms with van der Waals surface area (Å²) in [4.78, 5) is 23.1. The second-order valence-corrected chi connectivity index (χ2v) is 6.72. The number of hydrogen-bond acceptors (Lipinski definition) is 6. The molecule has 0 unspecified atom stereocenters. The summed E-state index contributed by atoms with van der Waals surface area (Å²) < 4.78 is 14.6. The Labute approximate surface area is 164 Å². The molecule has 4 N–H and O–H groups in total. The zero-order chi connectivity index (χ0) is 20.1. The lowest BCUT2D eigenvalue weighted by molar-refractivity contribution is -0.114. The minimum absolute atomic E-state index is 0.0614. The number of aromatic nitrogens is 3. The number of anilines is 2. The van der Waals surface area contributed by atoms with Gasteiger partial charge in [0.1, 0.15) is 5.82 Å². The van der Waals surface area contributed by atoms with E-state index in [9.17, 15) is 14.0 Å². The number of carbonyl (C=O) groups excluding carboxylic acids is 2. The van der Waals surface area contributed by atoms with Gasteiger partial charge in [0.2, 0.25) is 17.0 Å². The van der Waals surface area contributed by atoms with Crippen LogP contribution in [-0.2, 0) is 9.59 Å². The van der Waals surface area contributed by atoms with Crippen molar-refractivity contribution in [2.75, 3.05) is 22.2 Å². The first-order chi connectivity index (χ1) is 13.4. The quantitative estimate of drug-likeness (QED) is 0.433. The van der Waals surface area contributed by atoms with E-state index >= 15 is 0 Å². The van der Waals surface area contributed by atoms with Crippen LogP contribution in [0.15, 0.2) is 53.7 Å². The highest BCUT2D eigenvalue weighted by atomic mass is 32.2. The summed E-state index contributed by atoms with van der Waals surface area (Å²) in [5, 5.41) is 13.6. The Morgan fingerprint density at radius 1 is 1.11 bits per heavy atom. The summed E-state index contributed by atoms with van der Waals surface area (Å²) in [5.74, 6) is 5.50. The van der Waals surface area contributed by atoms with Gasteiger partial charge in [0.05, 0.1) is 5.75 Å². The smallest absolute Gasteiger partial charge is 0.234 e. The summed E-state index contributed by atoms with van der Waals surface area (Å²) >= 11 is 1.11. The molecule has 0 aliphatic carbocycles. The van der Waals surface area contributed by atoms with Crippen molar-refractivity contribution in [1.29, 1.82) is 0 Å². The molecule has 0 fully saturated rings. The van der Waals surface area contributed by atoms with Crippen molar-refractivity contribution in [3.8, 4) is 11.4 Å². The maximum absolute atomic E-state index is 13.4. The van der Waals surface area contributed by atoms with Gasteiger partial charge in [-0.3, -0.25) is 9.59 Å². The number of amides is 2. The van der Waals surface area contributed by atoms with Crippen molar-refractivity contribution in [3.63, 3.8) is 0 Å². The summed E-state index contributed by atoms with van der Waals surface area (Å²) in [7, 11) is 0. The number of benzene rings is 2. The summed E-state index contributed by atoms with van der Waals surface area (Å²) in [6, 6.07) is 12.6. The molecule has 0 spiro atoms. The molecule has 144 valence electrons. The second-order valence-electron chi connectivity index (χ2n) is 5.78. The number of nitrogens with zero attached hydrogens (tertiary/aromatic N) is 3. The minimum Gasteiger partial charge on any atom is -0.335 e. The second kappa shape index (κ2) is 8.53. The van der Waals surface area contributed by atoms with Gasteiger partial charge in [-0.15, -0.1) is 10.2 Å². The highest BCUT2D eigenvalue weighted by Gasteiger charge is 2.14. The third-order valence-electron chi connectivity index (χ3n) is 3.57. The first-order valence-corrected chi connectivity index (χ1v) is 9.17. The predicted octanol–water partition coefficient (Wildman–Crippen LogP) is 2.49. The number of halogens is 1. The number of hydrogen-bond donors (Lipinski definition) is 3. The first-order valence-electron chi connectivity index (χ1n) is 8.19. The number of carbonyl (C=O) groups is 2. The van der Waals surface area contributed by atoms with Crippen molar-refractivity contribution in [2.24, 2.45) is 0 Å². The molecule has 1 heterocycles. The molecule has 2 aromatic carbocycles. The maximum Gasteiger partial charge on any atom is 0.234 e.